The first-order chi connectivity index (χ1) is 8.30. The molecule has 17 heavy (non-hydrogen) atoms. The zero-order chi connectivity index (χ0) is 11.7. The molecule has 2 aromatic carbocycles. The molecule has 0 aliphatic carbocycles. The summed E-state index contributed by atoms with van der Waals surface area (Å²) in [7, 11) is 0. The molecule has 1 heterocycles. The van der Waals surface area contributed by atoms with Gasteiger partial charge in [-0.1, -0.05) is 30.3 Å². The van der Waals surface area contributed by atoms with Gasteiger partial charge in [-0.05, 0) is 24.3 Å². The van der Waals surface area contributed by atoms with Crippen LogP contribution in [0.25, 0.3) is 0 Å². The fraction of sp³-hybridized carbons (Fsp3) is 0.0769. The van der Waals surface area contributed by atoms with Crippen molar-refractivity contribution in [2.45, 2.75) is 5.91 Å². The van der Waals surface area contributed by atoms with Crippen molar-refractivity contribution in [3.63, 3.8) is 0 Å². The quantitative estimate of drug-likeness (QED) is 0.791. The van der Waals surface area contributed by atoms with E-state index in [0.717, 1.165) is 0 Å². The molecule has 86 valence electrons. The van der Waals surface area contributed by atoms with Crippen molar-refractivity contribution in [1.29, 1.82) is 0 Å². The fourth-order valence-corrected chi connectivity index (χ4v) is 1.66. The summed E-state index contributed by atoms with van der Waals surface area (Å²) in [4.78, 5) is 5.13. The molecule has 4 heteroatoms. The molecule has 1 aliphatic heterocycles. The van der Waals surface area contributed by atoms with Crippen molar-refractivity contribution in [3.8, 4) is 11.5 Å². The second kappa shape index (κ2) is 3.76. The van der Waals surface area contributed by atoms with Gasteiger partial charge in [-0.3, -0.25) is 0 Å². The van der Waals surface area contributed by atoms with E-state index in [0.29, 0.717) is 11.3 Å². The highest BCUT2D eigenvalue weighted by molar-refractivity contribution is 5.37. The Balaban J connectivity index is 1.91. The molecule has 4 nitrogen and oxygen atoms in total. The molecule has 0 saturated carbocycles. The molecule has 0 aromatic heterocycles. The van der Waals surface area contributed by atoms with Crippen molar-refractivity contribution < 1.29 is 14.7 Å². The Morgan fingerprint density at radius 3 is 2.29 bits per heavy atom. The highest BCUT2D eigenvalue weighted by atomic mass is 16.9. The highest BCUT2D eigenvalue weighted by Gasteiger charge is 2.52. The van der Waals surface area contributed by atoms with Crippen molar-refractivity contribution in [2.24, 2.45) is 0 Å². The minimum Gasteiger partial charge on any atom is -0.507 e. The van der Waals surface area contributed by atoms with Gasteiger partial charge in [0.1, 0.15) is 11.5 Å². The summed E-state index contributed by atoms with van der Waals surface area (Å²) in [5.41, 5.74) is 3.23. The van der Waals surface area contributed by atoms with Gasteiger partial charge in [0, 0.05) is 0 Å². The van der Waals surface area contributed by atoms with E-state index in [2.05, 4.69) is 5.48 Å². The lowest BCUT2D eigenvalue weighted by Gasteiger charge is -2.13. The van der Waals surface area contributed by atoms with Crippen LogP contribution < -0.4 is 10.2 Å². The number of ether oxygens (including phenoxy) is 1. The van der Waals surface area contributed by atoms with Crippen LogP contribution in [0.1, 0.15) is 5.56 Å². The third-order valence-corrected chi connectivity index (χ3v) is 2.55. The highest BCUT2D eigenvalue weighted by Crippen LogP contribution is 2.39. The molecule has 0 radical (unpaired) electrons. The molecule has 1 aliphatic rings. The molecule has 2 aromatic rings. The third-order valence-electron chi connectivity index (χ3n) is 2.55. The number of rotatable bonds is 3. The second-order valence-electron chi connectivity index (χ2n) is 3.75. The number of phenols is 1. The molecule has 1 atom stereocenters. The first-order valence-electron chi connectivity index (χ1n) is 5.28. The second-order valence-corrected chi connectivity index (χ2v) is 3.75. The smallest absolute Gasteiger partial charge is 0.340 e. The lowest BCUT2D eigenvalue weighted by atomic mass is 10.1. The zero-order valence-electron chi connectivity index (χ0n) is 8.96. The van der Waals surface area contributed by atoms with Crippen LogP contribution in [0.15, 0.2) is 54.6 Å². The van der Waals surface area contributed by atoms with Crippen LogP contribution in [0.3, 0.4) is 0 Å². The van der Waals surface area contributed by atoms with Crippen LogP contribution in [-0.2, 0) is 10.7 Å². The SMILES string of the molecule is Oc1ccccc1C1(Oc2ccccc2)NO1. The van der Waals surface area contributed by atoms with Gasteiger partial charge in [0.15, 0.2) is 0 Å². The summed E-state index contributed by atoms with van der Waals surface area (Å²) < 4.78 is 5.69. The van der Waals surface area contributed by atoms with E-state index in [9.17, 15) is 5.11 Å². The lowest BCUT2D eigenvalue weighted by molar-refractivity contribution is 0.0573. The largest absolute Gasteiger partial charge is 0.507 e. The van der Waals surface area contributed by atoms with Gasteiger partial charge in [-0.2, -0.15) is 0 Å². The maximum Gasteiger partial charge on any atom is 0.340 e. The Morgan fingerprint density at radius 2 is 1.65 bits per heavy atom. The number of para-hydroxylation sites is 2. The van der Waals surface area contributed by atoms with Crippen LogP contribution in [0.4, 0.5) is 0 Å². The van der Waals surface area contributed by atoms with Crippen LogP contribution >= 0.6 is 0 Å². The van der Waals surface area contributed by atoms with E-state index in [-0.39, 0.29) is 5.75 Å². The van der Waals surface area contributed by atoms with E-state index in [1.807, 2.05) is 36.4 Å². The first-order valence-corrected chi connectivity index (χ1v) is 5.28. The molecular formula is C13H11NO3. The van der Waals surface area contributed by atoms with Gasteiger partial charge in [-0.25, -0.2) is 4.84 Å². The average Bonchev–Trinajstić information content (AvgIpc) is 3.12. The van der Waals surface area contributed by atoms with Gasteiger partial charge < -0.3 is 9.84 Å². The normalized spacial score (nSPS) is 22.1. The molecule has 1 fully saturated rings. The minimum atomic E-state index is -1.06. The molecule has 3 rings (SSSR count). The van der Waals surface area contributed by atoms with Gasteiger partial charge in [-0.15, -0.1) is 5.48 Å². The average molecular weight is 229 g/mol. The van der Waals surface area contributed by atoms with Crippen LogP contribution in [0, 0.1) is 0 Å². The molecular weight excluding hydrogens is 218 g/mol. The van der Waals surface area contributed by atoms with Gasteiger partial charge >= 0.3 is 5.91 Å². The van der Waals surface area contributed by atoms with E-state index < -0.39 is 5.91 Å². The Labute approximate surface area is 98.4 Å². The molecule has 1 unspecified atom stereocenters. The third kappa shape index (κ3) is 1.84. The monoisotopic (exact) mass is 229 g/mol. The van der Waals surface area contributed by atoms with E-state index in [1.54, 1.807) is 18.2 Å². The van der Waals surface area contributed by atoms with Crippen molar-refractivity contribution in [2.75, 3.05) is 0 Å². The molecule has 2 N–H and O–H groups in total. The minimum absolute atomic E-state index is 0.133. The van der Waals surface area contributed by atoms with Gasteiger partial charge in [0.2, 0.25) is 0 Å². The van der Waals surface area contributed by atoms with Crippen LogP contribution in [0.5, 0.6) is 11.5 Å². The number of hydroxylamine groups is 1. The standard InChI is InChI=1S/C13H11NO3/c15-12-9-5-4-8-11(12)13(14-17-13)16-10-6-2-1-3-7-10/h1-9,14-15H. The topological polar surface area (TPSA) is 63.9 Å². The fourth-order valence-electron chi connectivity index (χ4n) is 1.66. The van der Waals surface area contributed by atoms with E-state index >= 15 is 0 Å². The Bertz CT molecular complexity index is 523. The predicted molar refractivity (Wildman–Crippen MR) is 61.1 cm³/mol. The number of benzene rings is 2. The summed E-state index contributed by atoms with van der Waals surface area (Å²) in [5.74, 6) is -0.263. The zero-order valence-corrected chi connectivity index (χ0v) is 8.96. The Kier molecular flexibility index (Phi) is 2.24. The number of phenolic OH excluding ortho intramolecular Hbond substituents is 1. The number of nitrogens with one attached hydrogen (secondary N) is 1. The summed E-state index contributed by atoms with van der Waals surface area (Å²) in [6, 6.07) is 16.2. The summed E-state index contributed by atoms with van der Waals surface area (Å²) in [5, 5.41) is 9.76. The van der Waals surface area contributed by atoms with Crippen LogP contribution in [-0.4, -0.2) is 5.11 Å². The molecule has 1 saturated heterocycles. The van der Waals surface area contributed by atoms with Crippen molar-refractivity contribution in [1.82, 2.24) is 5.48 Å². The maximum absolute atomic E-state index is 9.76. The number of aromatic hydroxyl groups is 1. The predicted octanol–water partition coefficient (Wildman–Crippen LogP) is 2.12. The summed E-state index contributed by atoms with van der Waals surface area (Å²) >= 11 is 0. The van der Waals surface area contributed by atoms with Gasteiger partial charge in [0.05, 0.1) is 5.56 Å². The number of hydrogen-bond donors (Lipinski definition) is 2. The lowest BCUT2D eigenvalue weighted by Crippen LogP contribution is -2.21. The Hall–Kier alpha value is -2.04. The first kappa shape index (κ1) is 10.1. The molecule has 0 bridgehead atoms. The van der Waals surface area contributed by atoms with E-state index in [4.69, 9.17) is 9.57 Å². The summed E-state index contributed by atoms with van der Waals surface area (Å²) in [6.07, 6.45) is 0. The molecule has 0 spiro atoms. The van der Waals surface area contributed by atoms with E-state index in [1.165, 1.54) is 0 Å². The van der Waals surface area contributed by atoms with Crippen molar-refractivity contribution >= 4 is 0 Å². The van der Waals surface area contributed by atoms with Gasteiger partial charge in [0.25, 0.3) is 0 Å². The van der Waals surface area contributed by atoms with Crippen LogP contribution in [0.2, 0.25) is 0 Å². The Morgan fingerprint density at radius 1 is 1.00 bits per heavy atom. The maximum atomic E-state index is 9.76. The summed E-state index contributed by atoms with van der Waals surface area (Å²) in [6.45, 7) is 0. The number of hydrogen-bond acceptors (Lipinski definition) is 4. The molecule has 0 amide bonds. The van der Waals surface area contributed by atoms with Crippen molar-refractivity contribution in [3.05, 3.63) is 60.2 Å².